The molecule has 0 bridgehead atoms. The summed E-state index contributed by atoms with van der Waals surface area (Å²) in [6.45, 7) is 2.65. The van der Waals surface area contributed by atoms with Gasteiger partial charge in [-0.1, -0.05) is 11.3 Å². The molecule has 0 atom stereocenters. The summed E-state index contributed by atoms with van der Waals surface area (Å²) in [5.41, 5.74) is 2.95. The Balaban J connectivity index is 1.80. The molecule has 1 aromatic carbocycles. The van der Waals surface area contributed by atoms with Gasteiger partial charge in [0.2, 0.25) is 0 Å². The molecule has 3 rings (SSSR count). The summed E-state index contributed by atoms with van der Waals surface area (Å²) in [6.07, 6.45) is 1.98. The highest BCUT2D eigenvalue weighted by atomic mass is 32.1. The summed E-state index contributed by atoms with van der Waals surface area (Å²) in [5.74, 6) is -0.231. The first kappa shape index (κ1) is 12.1. The van der Waals surface area contributed by atoms with Crippen LogP contribution in [0, 0.1) is 12.7 Å². The normalized spacial score (nSPS) is 11.1. The van der Waals surface area contributed by atoms with Crippen LogP contribution in [0.5, 0.6) is 0 Å². The van der Waals surface area contributed by atoms with Crippen molar-refractivity contribution in [1.29, 1.82) is 0 Å². The highest BCUT2D eigenvalue weighted by molar-refractivity contribution is 7.22. The van der Waals surface area contributed by atoms with E-state index in [1.165, 1.54) is 23.5 Å². The minimum atomic E-state index is -0.231. The lowest BCUT2D eigenvalue weighted by Crippen LogP contribution is -1.99. The fourth-order valence-corrected chi connectivity index (χ4v) is 2.85. The van der Waals surface area contributed by atoms with Crippen LogP contribution in [-0.4, -0.2) is 14.8 Å². The van der Waals surface area contributed by atoms with Crippen LogP contribution in [0.3, 0.4) is 0 Å². The van der Waals surface area contributed by atoms with Crippen molar-refractivity contribution in [2.75, 3.05) is 5.32 Å². The molecule has 0 amide bonds. The molecule has 0 unspecified atom stereocenters. The smallest absolute Gasteiger partial charge is 0.184 e. The predicted octanol–water partition coefficient (Wildman–Crippen LogP) is 3.09. The van der Waals surface area contributed by atoms with Gasteiger partial charge in [0.05, 0.1) is 15.9 Å². The number of nitrogens with zero attached hydrogens (tertiary/aromatic N) is 3. The van der Waals surface area contributed by atoms with Gasteiger partial charge in [-0.15, -0.1) is 0 Å². The number of fused-ring (bicyclic) bond motifs is 1. The van der Waals surface area contributed by atoms with Gasteiger partial charge in [-0.25, -0.2) is 9.37 Å². The van der Waals surface area contributed by atoms with Crippen molar-refractivity contribution >= 4 is 26.7 Å². The lowest BCUT2D eigenvalue weighted by atomic mass is 10.3. The number of aryl methyl sites for hydroxylation is 2. The van der Waals surface area contributed by atoms with E-state index in [9.17, 15) is 4.39 Å². The second-order valence-electron chi connectivity index (χ2n) is 4.40. The molecule has 2 heterocycles. The van der Waals surface area contributed by atoms with Crippen LogP contribution in [0.15, 0.2) is 24.4 Å². The monoisotopic (exact) mass is 276 g/mol. The Bertz CT molecular complexity index is 731. The van der Waals surface area contributed by atoms with E-state index >= 15 is 0 Å². The number of rotatable bonds is 3. The van der Waals surface area contributed by atoms with E-state index in [-0.39, 0.29) is 5.82 Å². The molecule has 0 spiro atoms. The quantitative estimate of drug-likeness (QED) is 0.799. The van der Waals surface area contributed by atoms with Crippen LogP contribution in [0.1, 0.15) is 11.3 Å². The third-order valence-electron chi connectivity index (χ3n) is 2.90. The molecule has 1 N–H and O–H groups in total. The molecule has 0 saturated carbocycles. The predicted molar refractivity (Wildman–Crippen MR) is 74.8 cm³/mol. The van der Waals surface area contributed by atoms with Gasteiger partial charge >= 0.3 is 0 Å². The van der Waals surface area contributed by atoms with Crippen LogP contribution in [0.25, 0.3) is 10.2 Å². The number of aromatic nitrogens is 3. The van der Waals surface area contributed by atoms with Gasteiger partial charge < -0.3 is 5.32 Å². The molecule has 0 fully saturated rings. The van der Waals surface area contributed by atoms with E-state index in [2.05, 4.69) is 15.4 Å². The number of anilines is 1. The minimum absolute atomic E-state index is 0.231. The molecule has 2 aromatic heterocycles. The average molecular weight is 276 g/mol. The molecular formula is C13H13FN4S. The Morgan fingerprint density at radius 1 is 1.42 bits per heavy atom. The summed E-state index contributed by atoms with van der Waals surface area (Å²) in [6, 6.07) is 4.63. The highest BCUT2D eigenvalue weighted by Crippen LogP contribution is 2.26. The average Bonchev–Trinajstić information content (AvgIpc) is 2.89. The molecular weight excluding hydrogens is 263 g/mol. The molecule has 0 aliphatic carbocycles. The van der Waals surface area contributed by atoms with Crippen molar-refractivity contribution in [3.63, 3.8) is 0 Å². The summed E-state index contributed by atoms with van der Waals surface area (Å²) in [7, 11) is 1.90. The van der Waals surface area contributed by atoms with Crippen molar-refractivity contribution in [2.24, 2.45) is 7.05 Å². The first-order chi connectivity index (χ1) is 9.11. The van der Waals surface area contributed by atoms with Gasteiger partial charge in [-0.3, -0.25) is 4.68 Å². The molecule has 0 radical (unpaired) electrons. The van der Waals surface area contributed by atoms with Gasteiger partial charge in [-0.05, 0) is 25.1 Å². The number of benzene rings is 1. The van der Waals surface area contributed by atoms with Crippen LogP contribution in [0.2, 0.25) is 0 Å². The van der Waals surface area contributed by atoms with E-state index in [1.54, 1.807) is 10.7 Å². The largest absolute Gasteiger partial charge is 0.357 e. The van der Waals surface area contributed by atoms with E-state index < -0.39 is 0 Å². The maximum Gasteiger partial charge on any atom is 0.184 e. The third-order valence-corrected chi connectivity index (χ3v) is 3.87. The Hall–Kier alpha value is -1.95. The summed E-state index contributed by atoms with van der Waals surface area (Å²) >= 11 is 1.45. The van der Waals surface area contributed by atoms with Crippen LogP contribution >= 0.6 is 11.3 Å². The molecule has 0 aliphatic heterocycles. The van der Waals surface area contributed by atoms with Gasteiger partial charge in [-0.2, -0.15) is 5.10 Å². The molecule has 4 nitrogen and oxygen atoms in total. The zero-order valence-corrected chi connectivity index (χ0v) is 11.5. The van der Waals surface area contributed by atoms with Crippen molar-refractivity contribution in [1.82, 2.24) is 14.8 Å². The molecule has 19 heavy (non-hydrogen) atoms. The third kappa shape index (κ3) is 2.44. The number of hydrogen-bond donors (Lipinski definition) is 1. The Morgan fingerprint density at radius 3 is 3.00 bits per heavy atom. The fourth-order valence-electron chi connectivity index (χ4n) is 1.97. The number of hydrogen-bond acceptors (Lipinski definition) is 4. The molecule has 3 aromatic rings. The minimum Gasteiger partial charge on any atom is -0.357 e. The maximum atomic E-state index is 13.1. The topological polar surface area (TPSA) is 42.7 Å². The summed E-state index contributed by atoms with van der Waals surface area (Å²) < 4.78 is 15.7. The van der Waals surface area contributed by atoms with Crippen LogP contribution in [-0.2, 0) is 13.6 Å². The summed E-state index contributed by atoms with van der Waals surface area (Å²) in [5, 5.41) is 8.34. The highest BCUT2D eigenvalue weighted by Gasteiger charge is 2.07. The Morgan fingerprint density at radius 2 is 2.26 bits per heavy atom. The second-order valence-corrected chi connectivity index (χ2v) is 5.43. The van der Waals surface area contributed by atoms with Crippen LogP contribution in [0.4, 0.5) is 9.52 Å². The zero-order chi connectivity index (χ0) is 13.4. The standard InChI is InChI=1S/C13H13FN4S/c1-8-9(7-18(2)17-8)6-15-13-16-11-4-3-10(14)5-12(11)19-13/h3-5,7H,6H2,1-2H3,(H,15,16). The van der Waals surface area contributed by atoms with E-state index in [0.717, 1.165) is 26.6 Å². The Labute approximate surface area is 113 Å². The van der Waals surface area contributed by atoms with Gasteiger partial charge in [0.25, 0.3) is 0 Å². The molecule has 98 valence electrons. The second kappa shape index (κ2) is 4.62. The Kier molecular flexibility index (Phi) is 2.94. The lowest BCUT2D eigenvalue weighted by Gasteiger charge is -1.99. The van der Waals surface area contributed by atoms with E-state index in [4.69, 9.17) is 0 Å². The maximum absolute atomic E-state index is 13.1. The lowest BCUT2D eigenvalue weighted by molar-refractivity contribution is 0.630. The van der Waals surface area contributed by atoms with Crippen molar-refractivity contribution in [3.05, 3.63) is 41.5 Å². The summed E-state index contributed by atoms with van der Waals surface area (Å²) in [4.78, 5) is 4.42. The van der Waals surface area contributed by atoms with Crippen molar-refractivity contribution in [2.45, 2.75) is 13.5 Å². The van der Waals surface area contributed by atoms with E-state index in [0.29, 0.717) is 6.54 Å². The van der Waals surface area contributed by atoms with Gasteiger partial charge in [0, 0.05) is 25.4 Å². The van der Waals surface area contributed by atoms with Crippen molar-refractivity contribution in [3.8, 4) is 0 Å². The zero-order valence-electron chi connectivity index (χ0n) is 10.6. The first-order valence-electron chi connectivity index (χ1n) is 5.91. The van der Waals surface area contributed by atoms with Gasteiger partial charge in [0.1, 0.15) is 5.82 Å². The molecule has 0 saturated heterocycles. The molecule has 0 aliphatic rings. The first-order valence-corrected chi connectivity index (χ1v) is 6.72. The fraction of sp³-hybridized carbons (Fsp3) is 0.231. The number of nitrogens with one attached hydrogen (secondary N) is 1. The van der Waals surface area contributed by atoms with Crippen LogP contribution < -0.4 is 5.32 Å². The van der Waals surface area contributed by atoms with Gasteiger partial charge in [0.15, 0.2) is 5.13 Å². The van der Waals surface area contributed by atoms with Crippen molar-refractivity contribution < 1.29 is 4.39 Å². The number of halogens is 1. The number of thiazole rings is 1. The molecule has 6 heteroatoms. The van der Waals surface area contributed by atoms with E-state index in [1.807, 2.05) is 20.2 Å². The SMILES string of the molecule is Cc1nn(C)cc1CNc1nc2ccc(F)cc2s1.